The van der Waals surface area contributed by atoms with Gasteiger partial charge in [0.05, 0.1) is 6.20 Å². The van der Waals surface area contributed by atoms with Crippen LogP contribution >= 0.6 is 0 Å². The van der Waals surface area contributed by atoms with Gasteiger partial charge in [0.1, 0.15) is 18.6 Å². The Labute approximate surface area is 158 Å². The van der Waals surface area contributed by atoms with E-state index >= 15 is 0 Å². The van der Waals surface area contributed by atoms with E-state index in [0.717, 1.165) is 26.8 Å². The summed E-state index contributed by atoms with van der Waals surface area (Å²) >= 11 is 0. The van der Waals surface area contributed by atoms with Gasteiger partial charge in [-0.15, -0.1) is 0 Å². The van der Waals surface area contributed by atoms with Gasteiger partial charge < -0.3 is 4.74 Å². The Morgan fingerprint density at radius 2 is 1.75 bits per heavy atom. The molecule has 2 N–H and O–H groups in total. The second-order valence-corrected chi connectivity index (χ2v) is 6.45. The molecule has 2 aromatic carbocycles. The van der Waals surface area contributed by atoms with Crippen LogP contribution in [0.5, 0.6) is 0 Å². The third-order valence-corrected chi connectivity index (χ3v) is 4.89. The van der Waals surface area contributed by atoms with E-state index in [1.807, 2.05) is 36.4 Å². The number of hydrogen-bond donors (Lipinski definition) is 2. The first kappa shape index (κ1) is 16.2. The fourth-order valence-corrected chi connectivity index (χ4v) is 3.63. The molecule has 4 aromatic rings. The van der Waals surface area contributed by atoms with Gasteiger partial charge in [-0.05, 0) is 22.3 Å². The average molecular weight is 373 g/mol. The highest BCUT2D eigenvalue weighted by Crippen LogP contribution is 2.44. The molecule has 0 fully saturated rings. The van der Waals surface area contributed by atoms with Gasteiger partial charge in [-0.25, -0.2) is 14.8 Å². The Hall–Kier alpha value is -3.94. The van der Waals surface area contributed by atoms with Crippen LogP contribution in [-0.2, 0) is 4.74 Å². The Kier molecular flexibility index (Phi) is 3.68. The van der Waals surface area contributed by atoms with Crippen molar-refractivity contribution in [2.75, 3.05) is 11.9 Å². The average Bonchev–Trinajstić information content (AvgIpc) is 3.32. The van der Waals surface area contributed by atoms with Crippen molar-refractivity contribution in [3.63, 3.8) is 0 Å². The fraction of sp³-hybridized carbons (Fsp3) is 0.100. The molecular formula is C20H15N5O3. The number of hydrogen-bond acceptors (Lipinski definition) is 5. The SMILES string of the molecule is O=C(Nc1cnc2nc[nH]n2c1=O)OCC1c2ccccc2-c2ccccc21. The lowest BCUT2D eigenvalue weighted by Gasteiger charge is -2.14. The zero-order valence-corrected chi connectivity index (χ0v) is 14.6. The minimum atomic E-state index is -0.708. The minimum Gasteiger partial charge on any atom is -0.448 e. The number of benzene rings is 2. The molecule has 0 aliphatic heterocycles. The highest BCUT2D eigenvalue weighted by Gasteiger charge is 2.29. The predicted octanol–water partition coefficient (Wildman–Crippen LogP) is 2.78. The maximum Gasteiger partial charge on any atom is 0.411 e. The Bertz CT molecular complexity index is 1210. The summed E-state index contributed by atoms with van der Waals surface area (Å²) in [5, 5.41) is 5.10. The van der Waals surface area contributed by atoms with Gasteiger partial charge in [-0.1, -0.05) is 48.5 Å². The van der Waals surface area contributed by atoms with Crippen LogP contribution in [0.3, 0.4) is 0 Å². The fourth-order valence-electron chi connectivity index (χ4n) is 3.63. The molecule has 1 aliphatic carbocycles. The summed E-state index contributed by atoms with van der Waals surface area (Å²) in [4.78, 5) is 32.5. The van der Waals surface area contributed by atoms with E-state index in [9.17, 15) is 9.59 Å². The molecule has 0 saturated heterocycles. The van der Waals surface area contributed by atoms with Crippen LogP contribution in [0.4, 0.5) is 10.5 Å². The van der Waals surface area contributed by atoms with Crippen molar-refractivity contribution in [3.8, 4) is 11.1 Å². The number of H-pyrrole nitrogens is 1. The molecule has 8 heteroatoms. The van der Waals surface area contributed by atoms with Crippen molar-refractivity contribution >= 4 is 17.6 Å². The van der Waals surface area contributed by atoms with Crippen LogP contribution in [0.25, 0.3) is 16.9 Å². The van der Waals surface area contributed by atoms with E-state index < -0.39 is 11.7 Å². The number of nitrogens with one attached hydrogen (secondary N) is 2. The van der Waals surface area contributed by atoms with Crippen molar-refractivity contribution in [2.45, 2.75) is 5.92 Å². The molecule has 8 nitrogen and oxygen atoms in total. The van der Waals surface area contributed by atoms with Gasteiger partial charge in [0.15, 0.2) is 0 Å². The number of amides is 1. The van der Waals surface area contributed by atoms with Crippen LogP contribution in [0.15, 0.2) is 65.8 Å². The molecule has 0 bridgehead atoms. The van der Waals surface area contributed by atoms with Crippen LogP contribution in [0.1, 0.15) is 17.0 Å². The molecule has 0 saturated carbocycles. The number of carbonyl (C=O) groups excluding carboxylic acids is 1. The third-order valence-electron chi connectivity index (χ3n) is 4.89. The zero-order valence-electron chi connectivity index (χ0n) is 14.6. The summed E-state index contributed by atoms with van der Waals surface area (Å²) in [6.07, 6.45) is 1.90. The van der Waals surface area contributed by atoms with Crippen molar-refractivity contribution in [3.05, 3.63) is 82.5 Å². The number of aromatic nitrogens is 4. The van der Waals surface area contributed by atoms with Gasteiger partial charge in [-0.3, -0.25) is 15.2 Å². The van der Waals surface area contributed by atoms with E-state index in [0.29, 0.717) is 0 Å². The van der Waals surface area contributed by atoms with Crippen LogP contribution in [0, 0.1) is 0 Å². The maximum absolute atomic E-state index is 12.3. The monoisotopic (exact) mass is 373 g/mol. The first-order chi connectivity index (χ1) is 13.7. The highest BCUT2D eigenvalue weighted by atomic mass is 16.5. The number of carbonyl (C=O) groups is 1. The molecule has 5 rings (SSSR count). The first-order valence-corrected chi connectivity index (χ1v) is 8.75. The predicted molar refractivity (Wildman–Crippen MR) is 102 cm³/mol. The molecule has 0 radical (unpaired) electrons. The number of anilines is 1. The molecule has 2 aromatic heterocycles. The summed E-state index contributed by atoms with van der Waals surface area (Å²) in [6, 6.07) is 16.2. The molecule has 0 spiro atoms. The molecule has 28 heavy (non-hydrogen) atoms. The van der Waals surface area contributed by atoms with Crippen LogP contribution in [0.2, 0.25) is 0 Å². The highest BCUT2D eigenvalue weighted by molar-refractivity contribution is 5.84. The van der Waals surface area contributed by atoms with E-state index in [4.69, 9.17) is 4.74 Å². The second kappa shape index (κ2) is 6.34. The quantitative estimate of drug-likeness (QED) is 0.575. The molecule has 1 amide bonds. The smallest absolute Gasteiger partial charge is 0.411 e. The van der Waals surface area contributed by atoms with E-state index in [1.165, 1.54) is 12.5 Å². The van der Waals surface area contributed by atoms with Gasteiger partial charge in [0.2, 0.25) is 0 Å². The maximum atomic E-state index is 12.3. The Morgan fingerprint density at radius 1 is 1.07 bits per heavy atom. The minimum absolute atomic E-state index is 0.0129. The zero-order chi connectivity index (χ0) is 19.1. The van der Waals surface area contributed by atoms with E-state index in [1.54, 1.807) is 0 Å². The summed E-state index contributed by atoms with van der Waals surface area (Å²) in [5.41, 5.74) is 4.10. The van der Waals surface area contributed by atoms with E-state index in [-0.39, 0.29) is 24.0 Å². The summed E-state index contributed by atoms with van der Waals surface area (Å²) in [5.74, 6) is 0.176. The molecule has 0 atom stereocenters. The number of fused-ring (bicyclic) bond motifs is 4. The topological polar surface area (TPSA) is 101 Å². The summed E-state index contributed by atoms with van der Waals surface area (Å²) < 4.78 is 6.58. The van der Waals surface area contributed by atoms with Gasteiger partial charge >= 0.3 is 6.09 Å². The summed E-state index contributed by atoms with van der Waals surface area (Å²) in [7, 11) is 0. The number of rotatable bonds is 3. The van der Waals surface area contributed by atoms with Gasteiger partial charge in [0.25, 0.3) is 11.3 Å². The first-order valence-electron chi connectivity index (χ1n) is 8.75. The molecule has 138 valence electrons. The second-order valence-electron chi connectivity index (χ2n) is 6.45. The lowest BCUT2D eigenvalue weighted by molar-refractivity contribution is 0.158. The lowest BCUT2D eigenvalue weighted by atomic mass is 9.98. The standard InChI is InChI=1S/C20H15N5O3/c26-18-17(9-21-19-22-11-23-25(18)19)24-20(27)28-10-16-14-7-3-1-5-12(14)13-6-2-4-8-15(13)16/h1-9,11,16H,10H2,(H,24,27)(H,21,22,23). The number of aromatic amines is 1. The normalized spacial score (nSPS) is 12.6. The Balaban J connectivity index is 1.35. The largest absolute Gasteiger partial charge is 0.448 e. The molecule has 0 unspecified atom stereocenters. The molecule has 1 aliphatic rings. The van der Waals surface area contributed by atoms with E-state index in [2.05, 4.69) is 32.5 Å². The van der Waals surface area contributed by atoms with Crippen LogP contribution in [-0.4, -0.2) is 32.3 Å². The third kappa shape index (κ3) is 2.54. The molecule has 2 heterocycles. The van der Waals surface area contributed by atoms with Crippen molar-refractivity contribution in [1.82, 2.24) is 19.6 Å². The Morgan fingerprint density at radius 3 is 2.46 bits per heavy atom. The van der Waals surface area contributed by atoms with Gasteiger partial charge in [-0.2, -0.15) is 4.52 Å². The lowest BCUT2D eigenvalue weighted by Crippen LogP contribution is -2.25. The number of nitrogens with zero attached hydrogens (tertiary/aromatic N) is 3. The molecular weight excluding hydrogens is 358 g/mol. The number of ether oxygens (including phenoxy) is 1. The van der Waals surface area contributed by atoms with Gasteiger partial charge in [0, 0.05) is 5.92 Å². The van der Waals surface area contributed by atoms with Crippen molar-refractivity contribution in [2.24, 2.45) is 0 Å². The van der Waals surface area contributed by atoms with Crippen molar-refractivity contribution in [1.29, 1.82) is 0 Å². The van der Waals surface area contributed by atoms with Crippen molar-refractivity contribution < 1.29 is 9.53 Å². The van der Waals surface area contributed by atoms with Crippen LogP contribution < -0.4 is 10.9 Å². The summed E-state index contributed by atoms with van der Waals surface area (Å²) in [6.45, 7) is 0.168.